The van der Waals surface area contributed by atoms with E-state index in [1.807, 2.05) is 25.1 Å². The largest absolute Gasteiger partial charge is 0.493 e. The molecule has 3 rings (SSSR count). The molecule has 0 spiro atoms. The zero-order valence-electron chi connectivity index (χ0n) is 14.8. The highest BCUT2D eigenvalue weighted by atomic mass is 35.5. The van der Waals surface area contributed by atoms with E-state index >= 15 is 0 Å². The Bertz CT molecular complexity index is 576. The molecule has 140 valence electrons. The van der Waals surface area contributed by atoms with Gasteiger partial charge in [-0.3, -0.25) is 4.79 Å². The first-order chi connectivity index (χ1) is 11.6. The van der Waals surface area contributed by atoms with Gasteiger partial charge in [0.15, 0.2) is 0 Å². The first-order valence-electron chi connectivity index (χ1n) is 9.07. The quantitative estimate of drug-likeness (QED) is 0.747. The van der Waals surface area contributed by atoms with E-state index in [1.165, 1.54) is 32.1 Å². The van der Waals surface area contributed by atoms with Gasteiger partial charge >= 0.3 is 0 Å². The molecule has 1 aliphatic heterocycles. The minimum absolute atomic E-state index is 0. The minimum Gasteiger partial charge on any atom is -0.493 e. The number of halogens is 1. The molecule has 0 bridgehead atoms. The highest BCUT2D eigenvalue weighted by Gasteiger charge is 2.28. The lowest BCUT2D eigenvalue weighted by atomic mass is 9.90. The minimum atomic E-state index is -0.437. The van der Waals surface area contributed by atoms with Crippen molar-refractivity contribution in [3.8, 4) is 5.75 Å². The summed E-state index contributed by atoms with van der Waals surface area (Å²) < 4.78 is 6.03. The molecule has 1 amide bonds. The molecular weight excluding hydrogens is 340 g/mol. The number of aliphatic hydroxyl groups is 1. The number of hydrogen-bond donors (Lipinski definition) is 3. The van der Waals surface area contributed by atoms with Gasteiger partial charge < -0.3 is 20.5 Å². The van der Waals surface area contributed by atoms with Crippen LogP contribution in [0.4, 0.5) is 5.69 Å². The number of hydrogen-bond acceptors (Lipinski definition) is 4. The van der Waals surface area contributed by atoms with Gasteiger partial charge in [-0.15, -0.1) is 12.4 Å². The van der Waals surface area contributed by atoms with Crippen molar-refractivity contribution >= 4 is 24.0 Å². The van der Waals surface area contributed by atoms with E-state index in [1.54, 1.807) is 0 Å². The number of rotatable bonds is 5. The fourth-order valence-corrected chi connectivity index (χ4v) is 3.54. The van der Waals surface area contributed by atoms with Crippen LogP contribution in [0.2, 0.25) is 0 Å². The van der Waals surface area contributed by atoms with E-state index in [9.17, 15) is 9.90 Å². The van der Waals surface area contributed by atoms with Crippen LogP contribution in [0.1, 0.15) is 44.1 Å². The average molecular weight is 369 g/mol. The van der Waals surface area contributed by atoms with Crippen LogP contribution >= 0.6 is 12.4 Å². The zero-order chi connectivity index (χ0) is 16.9. The molecule has 2 unspecified atom stereocenters. The zero-order valence-corrected chi connectivity index (χ0v) is 15.6. The van der Waals surface area contributed by atoms with Crippen molar-refractivity contribution in [1.29, 1.82) is 0 Å². The van der Waals surface area contributed by atoms with E-state index in [2.05, 4.69) is 10.6 Å². The van der Waals surface area contributed by atoms with Gasteiger partial charge in [-0.2, -0.15) is 0 Å². The summed E-state index contributed by atoms with van der Waals surface area (Å²) in [4.78, 5) is 12.2. The van der Waals surface area contributed by atoms with Gasteiger partial charge in [0.1, 0.15) is 5.75 Å². The molecule has 1 heterocycles. The van der Waals surface area contributed by atoms with Gasteiger partial charge in [0.25, 0.3) is 0 Å². The van der Waals surface area contributed by atoms with Crippen LogP contribution in [0.25, 0.3) is 0 Å². The first-order valence-corrected chi connectivity index (χ1v) is 9.07. The van der Waals surface area contributed by atoms with Crippen LogP contribution in [0, 0.1) is 12.8 Å². The molecule has 2 aliphatic rings. The fraction of sp³-hybridized carbons (Fsp3) is 0.632. The lowest BCUT2D eigenvalue weighted by Crippen LogP contribution is -2.35. The molecule has 0 radical (unpaired) electrons. The molecule has 3 N–H and O–H groups in total. The molecule has 1 aromatic carbocycles. The molecule has 25 heavy (non-hydrogen) atoms. The van der Waals surface area contributed by atoms with Gasteiger partial charge in [-0.1, -0.05) is 25.3 Å². The summed E-state index contributed by atoms with van der Waals surface area (Å²) >= 11 is 0. The van der Waals surface area contributed by atoms with Crippen molar-refractivity contribution < 1.29 is 14.6 Å². The normalized spacial score (nSPS) is 23.8. The molecule has 5 nitrogen and oxygen atoms in total. The lowest BCUT2D eigenvalue weighted by Gasteiger charge is -2.22. The van der Waals surface area contributed by atoms with Crippen LogP contribution in [0.3, 0.4) is 0 Å². The number of aliphatic hydroxyl groups excluding tert-OH is 1. The highest BCUT2D eigenvalue weighted by molar-refractivity contribution is 5.95. The first kappa shape index (κ1) is 20.0. The number of β-amino-alcohol motifs (C(OH)–C–C–N with tert-alkyl or cyclic N) is 1. The van der Waals surface area contributed by atoms with Crippen molar-refractivity contribution in [2.75, 3.05) is 18.5 Å². The third kappa shape index (κ3) is 5.59. The van der Waals surface area contributed by atoms with Crippen molar-refractivity contribution in [2.24, 2.45) is 5.92 Å². The van der Waals surface area contributed by atoms with Crippen molar-refractivity contribution in [3.05, 3.63) is 23.8 Å². The van der Waals surface area contributed by atoms with Gasteiger partial charge in [0.2, 0.25) is 5.91 Å². The summed E-state index contributed by atoms with van der Waals surface area (Å²) in [5.41, 5.74) is 1.82. The van der Waals surface area contributed by atoms with Crippen LogP contribution in [-0.4, -0.2) is 36.3 Å². The molecular formula is C19H29ClN2O3. The van der Waals surface area contributed by atoms with Crippen LogP contribution in [0.15, 0.2) is 18.2 Å². The Balaban J connectivity index is 0.00000225. The molecule has 2 atom stereocenters. The second-order valence-electron chi connectivity index (χ2n) is 7.13. The van der Waals surface area contributed by atoms with Crippen molar-refractivity contribution in [3.63, 3.8) is 0 Å². The second-order valence-corrected chi connectivity index (χ2v) is 7.13. The number of carbonyl (C=O) groups is 1. The Kier molecular flexibility index (Phi) is 7.54. The van der Waals surface area contributed by atoms with Crippen LogP contribution in [0.5, 0.6) is 5.75 Å². The molecule has 2 fully saturated rings. The molecule has 1 saturated carbocycles. The topological polar surface area (TPSA) is 70.6 Å². The fourth-order valence-electron chi connectivity index (χ4n) is 3.54. The Morgan fingerprint density at radius 3 is 2.76 bits per heavy atom. The summed E-state index contributed by atoms with van der Waals surface area (Å²) in [5, 5.41) is 15.5. The molecule has 1 aliphatic carbocycles. The predicted molar refractivity (Wildman–Crippen MR) is 102 cm³/mol. The van der Waals surface area contributed by atoms with Gasteiger partial charge in [-0.25, -0.2) is 0 Å². The standard InChI is InChI=1S/C19H28N2O3.ClH/c1-13-7-8-15(21-19(23)17-10-16(22)11-20-17)9-18(13)24-12-14-5-3-2-4-6-14;/h7-9,14,16-17,20,22H,2-6,10-12H2,1H3,(H,21,23);1H. The Hall–Kier alpha value is -1.30. The highest BCUT2D eigenvalue weighted by Crippen LogP contribution is 2.27. The predicted octanol–water partition coefficient (Wildman–Crippen LogP) is 3.04. The van der Waals surface area contributed by atoms with Gasteiger partial charge in [0, 0.05) is 18.3 Å². The number of anilines is 1. The maximum Gasteiger partial charge on any atom is 0.241 e. The summed E-state index contributed by atoms with van der Waals surface area (Å²) in [6.07, 6.45) is 6.50. The molecule has 1 aromatic rings. The van der Waals surface area contributed by atoms with E-state index in [-0.39, 0.29) is 24.4 Å². The number of benzene rings is 1. The number of nitrogens with one attached hydrogen (secondary N) is 2. The molecule has 6 heteroatoms. The summed E-state index contributed by atoms with van der Waals surface area (Å²) in [5.74, 6) is 1.40. The van der Waals surface area contributed by atoms with Gasteiger partial charge in [0.05, 0.1) is 18.8 Å². The van der Waals surface area contributed by atoms with E-state index in [4.69, 9.17) is 4.74 Å². The van der Waals surface area contributed by atoms with Crippen LogP contribution < -0.4 is 15.4 Å². The third-order valence-corrected chi connectivity index (χ3v) is 5.08. The summed E-state index contributed by atoms with van der Waals surface area (Å²) in [6.45, 7) is 3.26. The van der Waals surface area contributed by atoms with E-state index in [0.717, 1.165) is 23.6 Å². The Morgan fingerprint density at radius 2 is 2.08 bits per heavy atom. The van der Waals surface area contributed by atoms with Gasteiger partial charge in [-0.05, 0) is 43.7 Å². The number of ether oxygens (including phenoxy) is 1. The monoisotopic (exact) mass is 368 g/mol. The summed E-state index contributed by atoms with van der Waals surface area (Å²) in [6, 6.07) is 5.45. The van der Waals surface area contributed by atoms with Crippen LogP contribution in [-0.2, 0) is 4.79 Å². The van der Waals surface area contributed by atoms with Crippen molar-refractivity contribution in [2.45, 2.75) is 57.6 Å². The summed E-state index contributed by atoms with van der Waals surface area (Å²) in [7, 11) is 0. The van der Waals surface area contributed by atoms with E-state index in [0.29, 0.717) is 18.9 Å². The van der Waals surface area contributed by atoms with Crippen molar-refractivity contribution in [1.82, 2.24) is 5.32 Å². The molecule has 0 aromatic heterocycles. The number of aryl methyl sites for hydroxylation is 1. The molecule has 1 saturated heterocycles. The number of amides is 1. The third-order valence-electron chi connectivity index (χ3n) is 5.08. The SMILES string of the molecule is Cc1ccc(NC(=O)C2CC(O)CN2)cc1OCC1CCCCC1.Cl. The second kappa shape index (κ2) is 9.41. The maximum absolute atomic E-state index is 12.2. The average Bonchev–Trinajstić information content (AvgIpc) is 3.03. The Morgan fingerprint density at radius 1 is 1.32 bits per heavy atom. The maximum atomic E-state index is 12.2. The smallest absolute Gasteiger partial charge is 0.241 e. The lowest BCUT2D eigenvalue weighted by molar-refractivity contribution is -0.117. The number of carbonyl (C=O) groups excluding carboxylic acids is 1. The van der Waals surface area contributed by atoms with E-state index < -0.39 is 6.10 Å². The Labute approximate surface area is 155 Å².